The second-order valence-corrected chi connectivity index (χ2v) is 26.5. The normalized spacial score (nSPS) is 27.8. The van der Waals surface area contributed by atoms with E-state index in [9.17, 15) is 51.4 Å². The molecule has 24 heteroatoms. The largest absolute Gasteiger partial charge is 0.540 e. The molecule has 90 heavy (non-hydrogen) atoms. The van der Waals surface area contributed by atoms with Gasteiger partial charge in [0.15, 0.2) is 0 Å². The molecule has 0 unspecified atom stereocenters. The van der Waals surface area contributed by atoms with Gasteiger partial charge in [0.1, 0.15) is 47.3 Å². The van der Waals surface area contributed by atoms with E-state index >= 15 is 0 Å². The van der Waals surface area contributed by atoms with Gasteiger partial charge in [-0.15, -0.1) is 0 Å². The number of hydrogen-bond donors (Lipinski definition) is 1. The molecule has 6 aliphatic rings. The standard InChI is InChI=1S/C34H44F2N3O6.C31H40N3O6.CH2F2.2V/c1-5-22-27(19-40)39-18-29(22)45-31-25(37-24-15-14-21(43-33(35)36)16-26(24)38-31)12-8-6-7-10-20-11-9-13-28(20)44-30(41)17-23(32(39)42)34(2,3)4;1-5-20-25(17-35)34-16-27(20)40-29-23(32-22-12-11-19(36)14-24(22)33-29)10-8-6-7-9-18-13-26(18)39-28(37)15-21(30(34)38)31(2,3)4;2-1-3;;/h14-16,20,22-23,27-29,33H,5-13,17-18H2,1-4H3;11-12,14,18,20-21,25-27,36H,5-10,13,15-16H2,1-4H3;1H2;;/q2*-1;;;/t20-,22+,23-,27-,28-,29+;18-,20+,21-,25-,26-,27+;;;/m11.../s1. The smallest absolute Gasteiger partial charge is 0.387 e. The minimum atomic E-state index is -2.98. The van der Waals surface area contributed by atoms with Crippen LogP contribution in [0.2, 0.25) is 0 Å². The Bertz CT molecular complexity index is 3100. The number of benzene rings is 2. The number of halogens is 4. The van der Waals surface area contributed by atoms with Gasteiger partial charge in [-0.05, 0) is 123 Å². The minimum absolute atomic E-state index is 0. The molecule has 2 aromatic carbocycles. The average molecular weight is 1330 g/mol. The molecule has 6 heterocycles. The van der Waals surface area contributed by atoms with Gasteiger partial charge in [0.2, 0.25) is 30.5 Å². The fourth-order valence-corrected chi connectivity index (χ4v) is 13.4. The summed E-state index contributed by atoms with van der Waals surface area (Å²) in [6, 6.07) is 7.67. The van der Waals surface area contributed by atoms with Crippen LogP contribution in [0.1, 0.15) is 170 Å². The molecule has 0 spiro atoms. The predicted octanol–water partition coefficient (Wildman–Crippen LogP) is 11.6. The molecule has 1 N–H and O–H groups in total. The molecule has 2 saturated heterocycles. The summed E-state index contributed by atoms with van der Waals surface area (Å²) in [6.07, 6.45) is 16.5. The third kappa shape index (κ3) is 18.4. The number of esters is 2. The summed E-state index contributed by atoms with van der Waals surface area (Å²) in [4.78, 5) is 101. The number of phenols is 1. The number of aromatic hydroxyl groups is 1. The molecular formula is C66H86F4N6O12V2-2. The summed E-state index contributed by atoms with van der Waals surface area (Å²) in [5, 5.41) is 10.0. The first-order valence-corrected chi connectivity index (χ1v) is 31.4. The van der Waals surface area contributed by atoms with Crippen molar-refractivity contribution >= 4 is 58.4 Å². The van der Waals surface area contributed by atoms with Gasteiger partial charge in [0.05, 0.1) is 59.8 Å². The number of ether oxygens (including phenoxy) is 5. The second-order valence-electron chi connectivity index (χ2n) is 26.5. The van der Waals surface area contributed by atoms with Crippen LogP contribution < -0.4 is 14.2 Å². The van der Waals surface area contributed by atoms with Crippen LogP contribution in [0.5, 0.6) is 23.3 Å². The van der Waals surface area contributed by atoms with Crippen LogP contribution >= 0.6 is 0 Å². The van der Waals surface area contributed by atoms with E-state index in [0.717, 1.165) is 82.7 Å². The van der Waals surface area contributed by atoms with Gasteiger partial charge in [-0.25, -0.2) is 41.3 Å². The first-order chi connectivity index (χ1) is 42.0. The molecule has 18 nitrogen and oxygen atoms in total. The van der Waals surface area contributed by atoms with Crippen molar-refractivity contribution in [3.05, 3.63) is 47.8 Å². The quantitative estimate of drug-likeness (QED) is 0.108. The Kier molecular flexibility index (Phi) is 26.8. The summed E-state index contributed by atoms with van der Waals surface area (Å²) < 4.78 is 74.5. The summed E-state index contributed by atoms with van der Waals surface area (Å²) >= 11 is 0. The number of carbonyl (C=O) groups excluding carboxylic acids is 6. The van der Waals surface area contributed by atoms with E-state index in [1.807, 2.05) is 55.4 Å². The van der Waals surface area contributed by atoms with Crippen LogP contribution in [0.3, 0.4) is 0 Å². The van der Waals surface area contributed by atoms with Crippen molar-refractivity contribution in [2.24, 2.45) is 46.3 Å². The third-order valence-electron chi connectivity index (χ3n) is 18.5. The zero-order chi connectivity index (χ0) is 63.6. The zero-order valence-corrected chi connectivity index (χ0v) is 55.6. The maximum absolute atomic E-state index is 14.2. The molecule has 4 fully saturated rings. The molecule has 4 aromatic rings. The number of aromatic nitrogens is 4. The van der Waals surface area contributed by atoms with E-state index < -0.39 is 60.5 Å². The molecule has 492 valence electrons. The first kappa shape index (κ1) is 73.5. The van der Waals surface area contributed by atoms with Crippen molar-refractivity contribution < 1.29 is 112 Å². The minimum Gasteiger partial charge on any atom is -0.540 e. The van der Waals surface area contributed by atoms with E-state index in [4.69, 9.17) is 38.9 Å². The topological polar surface area (TPSA) is 227 Å². The Morgan fingerprint density at radius 2 is 1.04 bits per heavy atom. The maximum atomic E-state index is 14.2. The van der Waals surface area contributed by atoms with Crippen molar-refractivity contribution in [2.45, 2.75) is 214 Å². The van der Waals surface area contributed by atoms with Gasteiger partial charge < -0.3 is 48.2 Å². The van der Waals surface area contributed by atoms with Crippen LogP contribution in [-0.4, -0.2) is 134 Å². The summed E-state index contributed by atoms with van der Waals surface area (Å²) in [5.41, 5.74) is 2.33. The van der Waals surface area contributed by atoms with E-state index in [1.165, 1.54) is 21.9 Å². The van der Waals surface area contributed by atoms with Crippen LogP contribution in [0.15, 0.2) is 36.4 Å². The Labute approximate surface area is 548 Å². The summed E-state index contributed by atoms with van der Waals surface area (Å²) in [7, 11) is 0. The number of nitrogens with zero attached hydrogens (tertiary/aromatic N) is 6. The first-order valence-electron chi connectivity index (χ1n) is 31.4. The predicted molar refractivity (Wildman–Crippen MR) is 318 cm³/mol. The molecule has 10 rings (SSSR count). The van der Waals surface area contributed by atoms with Crippen molar-refractivity contribution in [3.63, 3.8) is 0 Å². The number of alkyl halides is 4. The Balaban J connectivity index is 0.000000270. The maximum Gasteiger partial charge on any atom is 0.387 e. The molecule has 4 bridgehead atoms. The van der Waals surface area contributed by atoms with E-state index in [-0.39, 0.29) is 128 Å². The van der Waals surface area contributed by atoms with Gasteiger partial charge in [-0.1, -0.05) is 106 Å². The van der Waals surface area contributed by atoms with Crippen molar-refractivity contribution in [1.82, 2.24) is 29.7 Å². The molecule has 2 amide bonds. The fourth-order valence-electron chi connectivity index (χ4n) is 13.4. The summed E-state index contributed by atoms with van der Waals surface area (Å²) in [5.74, 6) is -1.98. The molecule has 12 atom stereocenters. The van der Waals surface area contributed by atoms with Crippen LogP contribution in [0.25, 0.3) is 22.1 Å². The van der Waals surface area contributed by atoms with E-state index in [1.54, 1.807) is 24.3 Å². The molecular weight excluding hydrogens is 1250 g/mol. The number of aryl methyl sites for hydroxylation is 2. The SMILES string of the molecule is CC[C@@H]1[C@@H]2CN(C(=O)[C@H](C(C)(C)C)CC(=O)O[C@@H]3CCC[C@H]3CCCCCc3nc4ccc(OC(F)F)cc4nc3O2)[C@@H]1[C-]=O.CC[C@@H]1[C@@H]2CN(C(=O)[C@H](C(C)(C)C)CC(=O)O[C@@H]3C[C@H]3CCCCCc3nc4ccc(O)cc4nc3O2)[C@@H]1[C-]=O.FCF.[V].[V]. The van der Waals surface area contributed by atoms with Crippen molar-refractivity contribution in [2.75, 3.05) is 20.0 Å². The Hall–Kier alpha value is -5.57. The number of hydrogen-bond acceptors (Lipinski definition) is 16. The number of fused-ring (bicyclic) bond motifs is 10. The molecule has 2 radical (unpaired) electrons. The van der Waals surface area contributed by atoms with E-state index in [2.05, 4.69) is 17.3 Å². The van der Waals surface area contributed by atoms with E-state index in [0.29, 0.717) is 71.2 Å². The molecule has 2 saturated carbocycles. The van der Waals surface area contributed by atoms with Gasteiger partial charge in [0.25, 0.3) is 0 Å². The monoisotopic (exact) mass is 1330 g/mol. The number of amides is 2. The Morgan fingerprint density at radius 1 is 0.589 bits per heavy atom. The van der Waals surface area contributed by atoms with Crippen molar-refractivity contribution in [3.8, 4) is 23.3 Å². The summed E-state index contributed by atoms with van der Waals surface area (Å²) in [6.45, 7) is 11.0. The van der Waals surface area contributed by atoms with Crippen LogP contribution in [0, 0.1) is 46.3 Å². The van der Waals surface area contributed by atoms with Gasteiger partial charge >= 0.3 is 18.6 Å². The number of phenolic OH excluding ortho intramolecular Hbond substituents is 1. The average Bonchev–Trinajstić information content (AvgIpc) is 1.61. The van der Waals surface area contributed by atoms with Crippen molar-refractivity contribution in [1.29, 1.82) is 0 Å². The number of rotatable bonds is 6. The molecule has 2 aliphatic carbocycles. The fraction of sp³-hybridized carbons (Fsp3) is 0.667. The second kappa shape index (κ2) is 32.8. The van der Waals surface area contributed by atoms with Crippen LogP contribution in [-0.2, 0) is 88.2 Å². The zero-order valence-electron chi connectivity index (χ0n) is 52.8. The van der Waals surface area contributed by atoms with Crippen LogP contribution in [0.4, 0.5) is 17.6 Å². The third-order valence-corrected chi connectivity index (χ3v) is 18.5. The Morgan fingerprint density at radius 3 is 1.51 bits per heavy atom. The number of carbonyl (C=O) groups is 4. The molecule has 4 aliphatic heterocycles. The van der Waals surface area contributed by atoms with Gasteiger partial charge in [0, 0.05) is 49.2 Å². The van der Waals surface area contributed by atoms with Gasteiger partial charge in [-0.3, -0.25) is 19.2 Å². The van der Waals surface area contributed by atoms with Gasteiger partial charge in [-0.2, -0.15) is 8.78 Å². The molecule has 2 aromatic heterocycles.